The molecule has 0 spiro atoms. The molecule has 3 aliphatic carbocycles. The average molecular weight is 446 g/mol. The summed E-state index contributed by atoms with van der Waals surface area (Å²) in [6.07, 6.45) is 18.9. The van der Waals surface area contributed by atoms with E-state index in [2.05, 4.69) is 50.4 Å². The van der Waals surface area contributed by atoms with Crippen LogP contribution in [-0.2, 0) is 24.7 Å². The van der Waals surface area contributed by atoms with Gasteiger partial charge in [0.1, 0.15) is 0 Å². The minimum Gasteiger partial charge on any atom is -1.00 e. The molecular weight excluding hydrogens is 418 g/mol. The molecule has 23 heavy (non-hydrogen) atoms. The Morgan fingerprint density at radius 1 is 1.13 bits per heavy atom. The average Bonchev–Trinajstić information content (AvgIpc) is 3.03. The van der Waals surface area contributed by atoms with Crippen molar-refractivity contribution in [1.82, 2.24) is 0 Å². The normalized spacial score (nSPS) is 29.1. The van der Waals surface area contributed by atoms with Crippen LogP contribution in [0.3, 0.4) is 0 Å². The molecule has 0 radical (unpaired) electrons. The van der Waals surface area contributed by atoms with Crippen molar-refractivity contribution in [3.05, 3.63) is 44.4 Å². The first-order valence-electron chi connectivity index (χ1n) is 8.55. The van der Waals surface area contributed by atoms with E-state index < -0.39 is 8.07 Å². The van der Waals surface area contributed by atoms with Crippen LogP contribution < -0.4 is 24.8 Å². The zero-order chi connectivity index (χ0) is 15.0. The first-order chi connectivity index (χ1) is 10.1. The van der Waals surface area contributed by atoms with E-state index in [0.29, 0.717) is 0 Å². The molecule has 0 aromatic heterocycles. The van der Waals surface area contributed by atoms with Crippen LogP contribution in [0.5, 0.6) is 0 Å². The van der Waals surface area contributed by atoms with Crippen molar-refractivity contribution in [1.29, 1.82) is 0 Å². The van der Waals surface area contributed by atoms with E-state index in [-0.39, 0.29) is 24.8 Å². The summed E-state index contributed by atoms with van der Waals surface area (Å²) in [5.74, 6) is 1.66. The van der Waals surface area contributed by atoms with Crippen molar-refractivity contribution < 1.29 is 49.5 Å². The van der Waals surface area contributed by atoms with Crippen molar-refractivity contribution in [3.63, 3.8) is 0 Å². The van der Waals surface area contributed by atoms with E-state index in [1.54, 1.807) is 33.6 Å². The van der Waals surface area contributed by atoms with Crippen LogP contribution in [0.1, 0.15) is 39.0 Å². The van der Waals surface area contributed by atoms with Crippen molar-refractivity contribution in [2.45, 2.75) is 57.7 Å². The molecule has 0 saturated heterocycles. The second-order valence-corrected chi connectivity index (χ2v) is 13.6. The van der Waals surface area contributed by atoms with Gasteiger partial charge in [0, 0.05) is 0 Å². The standard InChI is InChI=1S/C19H27Si.2ClH.Zr/c1-4-8-16-10-7-12-18(16)20(2,3)19-14-13-15-9-5-6-11-17(15)19;;;/h5-6,9-11,15,17,19H,4,7-8,13-14H2,1-3H3;2*1H;/q;;;+2/p-2. The maximum atomic E-state index is 2.67. The van der Waals surface area contributed by atoms with Crippen LogP contribution in [-0.4, -0.2) is 8.07 Å². The van der Waals surface area contributed by atoms with Gasteiger partial charge in [-0.25, -0.2) is 0 Å². The second kappa shape index (κ2) is 8.84. The third-order valence-corrected chi connectivity index (χ3v) is 12.0. The van der Waals surface area contributed by atoms with E-state index in [1.165, 1.54) is 32.1 Å². The Hall–Kier alpha value is 0.640. The molecule has 1 fully saturated rings. The maximum absolute atomic E-state index is 2.67. The predicted molar refractivity (Wildman–Crippen MR) is 90.4 cm³/mol. The summed E-state index contributed by atoms with van der Waals surface area (Å²) in [6.45, 7) is 7.66. The zero-order valence-corrected chi connectivity index (χ0v) is 19.4. The monoisotopic (exact) mass is 443 g/mol. The van der Waals surface area contributed by atoms with Crippen LogP contribution in [0.2, 0.25) is 18.6 Å². The van der Waals surface area contributed by atoms with E-state index >= 15 is 0 Å². The van der Waals surface area contributed by atoms with Crippen molar-refractivity contribution in [3.8, 4) is 0 Å². The van der Waals surface area contributed by atoms with Gasteiger partial charge in [0.15, 0.2) is 0 Å². The summed E-state index contributed by atoms with van der Waals surface area (Å²) in [7, 11) is -1.36. The number of hydrogen-bond donors (Lipinski definition) is 0. The molecule has 3 atom stereocenters. The molecule has 0 amide bonds. The molecule has 1 saturated carbocycles. The third-order valence-electron chi connectivity index (χ3n) is 5.84. The molecule has 0 N–H and O–H groups in total. The summed E-state index contributed by atoms with van der Waals surface area (Å²) in [6, 6.07) is 0. The summed E-state index contributed by atoms with van der Waals surface area (Å²) >= 11 is 1.66. The van der Waals surface area contributed by atoms with Crippen LogP contribution in [0.4, 0.5) is 0 Å². The Kier molecular flexibility index (Phi) is 8.33. The largest absolute Gasteiger partial charge is 1.00 e. The van der Waals surface area contributed by atoms with Crippen LogP contribution in [0.25, 0.3) is 0 Å². The van der Waals surface area contributed by atoms with E-state index in [4.69, 9.17) is 0 Å². The quantitative estimate of drug-likeness (QED) is 0.521. The molecule has 0 heterocycles. The van der Waals surface area contributed by atoms with E-state index in [9.17, 15) is 0 Å². The maximum Gasteiger partial charge on any atom is -1.00 e. The molecule has 0 aromatic rings. The van der Waals surface area contributed by atoms with Gasteiger partial charge in [0.2, 0.25) is 0 Å². The van der Waals surface area contributed by atoms with Gasteiger partial charge < -0.3 is 24.8 Å². The second-order valence-electron chi connectivity index (χ2n) is 7.45. The van der Waals surface area contributed by atoms with Crippen molar-refractivity contribution >= 4 is 8.07 Å². The summed E-state index contributed by atoms with van der Waals surface area (Å²) < 4.78 is 1.78. The molecule has 3 unspecified atom stereocenters. The van der Waals surface area contributed by atoms with Gasteiger partial charge in [-0.15, -0.1) is 0 Å². The molecule has 0 bridgehead atoms. The molecule has 125 valence electrons. The van der Waals surface area contributed by atoms with Gasteiger partial charge in [0.05, 0.1) is 0 Å². The number of halogens is 2. The van der Waals surface area contributed by atoms with E-state index in [1.807, 2.05) is 5.20 Å². The smallest absolute Gasteiger partial charge is 1.00 e. The summed E-state index contributed by atoms with van der Waals surface area (Å²) in [4.78, 5) is 0. The molecule has 0 aromatic carbocycles. The van der Waals surface area contributed by atoms with Crippen LogP contribution >= 0.6 is 0 Å². The van der Waals surface area contributed by atoms with Gasteiger partial charge in [-0.3, -0.25) is 0 Å². The minimum atomic E-state index is -1.36. The van der Waals surface area contributed by atoms with Gasteiger partial charge in [-0.05, 0) is 0 Å². The molecule has 3 aliphatic rings. The van der Waals surface area contributed by atoms with Crippen molar-refractivity contribution in [2.75, 3.05) is 0 Å². The first-order valence-corrected chi connectivity index (χ1v) is 12.9. The molecule has 3 rings (SSSR count). The van der Waals surface area contributed by atoms with Crippen LogP contribution in [0.15, 0.2) is 44.4 Å². The fourth-order valence-electron chi connectivity index (χ4n) is 4.91. The van der Waals surface area contributed by atoms with Gasteiger partial charge in [-0.1, -0.05) is 0 Å². The Labute approximate surface area is 170 Å². The molecule has 0 aliphatic heterocycles. The SMILES string of the molecule is CCCC1=CC[C]([Zr+2])=C1[Si](C)(C)C1CCC2C=CC=CC21.[Cl-].[Cl-]. The Morgan fingerprint density at radius 2 is 1.83 bits per heavy atom. The van der Waals surface area contributed by atoms with Gasteiger partial charge in [0.25, 0.3) is 0 Å². The Bertz CT molecular complexity index is 546. The number of rotatable bonds is 4. The minimum absolute atomic E-state index is 0. The fraction of sp³-hybridized carbons (Fsp3) is 0.579. The third kappa shape index (κ3) is 4.08. The summed E-state index contributed by atoms with van der Waals surface area (Å²) in [5, 5.41) is 1.89. The Morgan fingerprint density at radius 3 is 2.52 bits per heavy atom. The number of hydrogen-bond acceptors (Lipinski definition) is 0. The van der Waals surface area contributed by atoms with Gasteiger partial charge in [-0.2, -0.15) is 0 Å². The topological polar surface area (TPSA) is 0 Å². The molecule has 4 heteroatoms. The molecule has 0 nitrogen and oxygen atoms in total. The number of fused-ring (bicyclic) bond motifs is 1. The number of allylic oxidation sites excluding steroid dienone is 8. The Balaban J connectivity index is 0.00000132. The van der Waals surface area contributed by atoms with E-state index in [0.717, 1.165) is 17.4 Å². The van der Waals surface area contributed by atoms with Crippen LogP contribution in [0, 0.1) is 11.8 Å². The van der Waals surface area contributed by atoms with Crippen molar-refractivity contribution in [2.24, 2.45) is 11.8 Å². The molecular formula is C19H27Cl2SiZr. The first kappa shape index (κ1) is 21.7. The predicted octanol–water partition coefficient (Wildman–Crippen LogP) is -0.304. The van der Waals surface area contributed by atoms with Gasteiger partial charge >= 0.3 is 147 Å². The summed E-state index contributed by atoms with van der Waals surface area (Å²) in [5.41, 5.74) is 2.69. The zero-order valence-electron chi connectivity index (χ0n) is 14.4. The fourth-order valence-corrected chi connectivity index (χ4v) is 12.4.